The largest absolute Gasteiger partial charge is 0.478 e. The van der Waals surface area contributed by atoms with Crippen LogP contribution in [0.1, 0.15) is 16.1 Å². The quantitative estimate of drug-likeness (QED) is 0.938. The molecule has 2 aromatic heterocycles. The maximum atomic E-state index is 11.2. The molecule has 7 heteroatoms. The van der Waals surface area contributed by atoms with Gasteiger partial charge in [-0.05, 0) is 30.8 Å². The number of hydrogen-bond acceptors (Lipinski definition) is 4. The van der Waals surface area contributed by atoms with Crippen LogP contribution in [0, 0.1) is 6.92 Å². The minimum atomic E-state index is -1.00. The molecule has 2 heterocycles. The van der Waals surface area contributed by atoms with Gasteiger partial charge in [0.15, 0.2) is 0 Å². The van der Waals surface area contributed by atoms with Crippen molar-refractivity contribution in [3.63, 3.8) is 0 Å². The van der Waals surface area contributed by atoms with Gasteiger partial charge in [-0.15, -0.1) is 0 Å². The summed E-state index contributed by atoms with van der Waals surface area (Å²) in [5.74, 6) is -1.00. The molecule has 0 aliphatic carbocycles. The van der Waals surface area contributed by atoms with Gasteiger partial charge in [0.1, 0.15) is 15.6 Å². The van der Waals surface area contributed by atoms with Crippen molar-refractivity contribution < 1.29 is 9.90 Å². The van der Waals surface area contributed by atoms with Crippen LogP contribution in [0.2, 0.25) is 5.02 Å². The van der Waals surface area contributed by atoms with Gasteiger partial charge in [-0.1, -0.05) is 11.6 Å². The maximum Gasteiger partial charge on any atom is 0.340 e. The van der Waals surface area contributed by atoms with Gasteiger partial charge >= 0.3 is 5.97 Å². The predicted molar refractivity (Wildman–Crippen MR) is 68.3 cm³/mol. The van der Waals surface area contributed by atoms with Crippen LogP contribution in [-0.2, 0) is 7.05 Å². The summed E-state index contributed by atoms with van der Waals surface area (Å²) in [4.78, 5) is 15.3. The molecule has 0 unspecified atom stereocenters. The van der Waals surface area contributed by atoms with E-state index in [1.54, 1.807) is 32.3 Å². The Morgan fingerprint density at radius 3 is 2.89 bits per heavy atom. The minimum absolute atomic E-state index is 0.184. The van der Waals surface area contributed by atoms with E-state index in [0.29, 0.717) is 20.8 Å². The van der Waals surface area contributed by atoms with Gasteiger partial charge in [-0.25, -0.2) is 9.78 Å². The molecule has 0 bridgehead atoms. The summed E-state index contributed by atoms with van der Waals surface area (Å²) in [6.07, 6.45) is 1.61. The molecule has 0 aromatic carbocycles. The molecule has 0 fully saturated rings. The third kappa shape index (κ3) is 2.34. The molecule has 18 heavy (non-hydrogen) atoms. The fraction of sp³-hybridized carbons (Fsp3) is 0.182. The number of rotatable bonds is 3. The Morgan fingerprint density at radius 1 is 1.56 bits per heavy atom. The Kier molecular flexibility index (Phi) is 3.58. The van der Waals surface area contributed by atoms with Gasteiger partial charge in [0.2, 0.25) is 0 Å². The Labute approximate surface area is 113 Å². The Morgan fingerprint density at radius 2 is 2.28 bits per heavy atom. The first-order valence-corrected chi connectivity index (χ1v) is 6.25. The molecule has 0 amide bonds. The van der Waals surface area contributed by atoms with Crippen molar-refractivity contribution in [2.45, 2.75) is 17.0 Å². The van der Waals surface area contributed by atoms with Crippen molar-refractivity contribution in [2.75, 3.05) is 0 Å². The van der Waals surface area contributed by atoms with Gasteiger partial charge < -0.3 is 5.11 Å². The summed E-state index contributed by atoms with van der Waals surface area (Å²) in [7, 11) is 1.69. The van der Waals surface area contributed by atoms with Crippen LogP contribution < -0.4 is 0 Å². The number of carboxylic acids is 1. The van der Waals surface area contributed by atoms with E-state index in [9.17, 15) is 9.90 Å². The van der Waals surface area contributed by atoms with Gasteiger partial charge in [-0.2, -0.15) is 5.10 Å². The first kappa shape index (κ1) is 12.9. The molecule has 5 nitrogen and oxygen atoms in total. The second-order valence-corrected chi connectivity index (χ2v) is 4.97. The van der Waals surface area contributed by atoms with E-state index in [2.05, 4.69) is 10.1 Å². The number of pyridine rings is 1. The summed E-state index contributed by atoms with van der Waals surface area (Å²) in [5, 5.41) is 14.8. The molecule has 2 rings (SSSR count). The molecule has 1 N–H and O–H groups in total. The van der Waals surface area contributed by atoms with Crippen molar-refractivity contribution in [1.82, 2.24) is 14.8 Å². The van der Waals surface area contributed by atoms with E-state index in [1.165, 1.54) is 16.4 Å². The second-order valence-electron chi connectivity index (χ2n) is 3.59. The number of carbonyl (C=O) groups is 1. The molecule has 0 aliphatic heterocycles. The number of aromatic nitrogens is 3. The molecule has 2 aromatic rings. The lowest BCUT2D eigenvalue weighted by Crippen LogP contribution is -2.00. The second kappa shape index (κ2) is 4.99. The molecule has 0 atom stereocenters. The van der Waals surface area contributed by atoms with Crippen LogP contribution in [0.4, 0.5) is 0 Å². The highest BCUT2D eigenvalue weighted by atomic mass is 35.5. The van der Waals surface area contributed by atoms with Gasteiger partial charge in [-0.3, -0.25) is 4.68 Å². The normalized spacial score (nSPS) is 10.6. The van der Waals surface area contributed by atoms with Gasteiger partial charge in [0.05, 0.1) is 10.7 Å². The number of aryl methyl sites for hydroxylation is 2. The average Bonchev–Trinajstić information content (AvgIpc) is 2.57. The van der Waals surface area contributed by atoms with Crippen molar-refractivity contribution in [3.8, 4) is 0 Å². The zero-order valence-corrected chi connectivity index (χ0v) is 11.3. The molecule has 0 spiro atoms. The standard InChI is InChI=1S/C11H10ClN3O2S/c1-6-8(11(16)17)10(15(2)14-6)18-9-7(12)4-3-5-13-9/h3-5H,1-2H3,(H,16,17). The highest BCUT2D eigenvalue weighted by molar-refractivity contribution is 7.99. The highest BCUT2D eigenvalue weighted by Gasteiger charge is 2.21. The van der Waals surface area contributed by atoms with Gasteiger partial charge in [0.25, 0.3) is 0 Å². The van der Waals surface area contributed by atoms with Crippen LogP contribution >= 0.6 is 23.4 Å². The summed E-state index contributed by atoms with van der Waals surface area (Å²) >= 11 is 7.20. The molecular formula is C11H10ClN3O2S. The molecule has 0 aliphatic rings. The van der Waals surface area contributed by atoms with Crippen LogP contribution in [0.25, 0.3) is 0 Å². The summed E-state index contributed by atoms with van der Waals surface area (Å²) < 4.78 is 1.52. The number of hydrogen-bond donors (Lipinski definition) is 1. The Hall–Kier alpha value is -1.53. The molecule has 0 saturated heterocycles. The fourth-order valence-electron chi connectivity index (χ4n) is 1.54. The molecule has 0 radical (unpaired) electrons. The average molecular weight is 284 g/mol. The van der Waals surface area contributed by atoms with E-state index < -0.39 is 5.97 Å². The molecular weight excluding hydrogens is 274 g/mol. The van der Waals surface area contributed by atoms with Crippen molar-refractivity contribution in [1.29, 1.82) is 0 Å². The van der Waals surface area contributed by atoms with Crippen molar-refractivity contribution >= 4 is 29.3 Å². The van der Waals surface area contributed by atoms with Gasteiger partial charge in [0, 0.05) is 13.2 Å². The summed E-state index contributed by atoms with van der Waals surface area (Å²) in [5.41, 5.74) is 0.656. The first-order valence-electron chi connectivity index (χ1n) is 5.06. The van der Waals surface area contributed by atoms with E-state index in [1.807, 2.05) is 0 Å². The van der Waals surface area contributed by atoms with E-state index >= 15 is 0 Å². The lowest BCUT2D eigenvalue weighted by Gasteiger charge is -2.04. The van der Waals surface area contributed by atoms with Crippen LogP contribution in [0.3, 0.4) is 0 Å². The monoisotopic (exact) mass is 283 g/mol. The lowest BCUT2D eigenvalue weighted by atomic mass is 10.3. The smallest absolute Gasteiger partial charge is 0.340 e. The Balaban J connectivity index is 2.47. The number of aromatic carboxylic acids is 1. The SMILES string of the molecule is Cc1nn(C)c(Sc2ncccc2Cl)c1C(=O)O. The minimum Gasteiger partial charge on any atom is -0.478 e. The zero-order valence-electron chi connectivity index (χ0n) is 9.72. The third-order valence-electron chi connectivity index (χ3n) is 2.30. The summed E-state index contributed by atoms with van der Waals surface area (Å²) in [6, 6.07) is 3.43. The van der Waals surface area contributed by atoms with Crippen LogP contribution in [-0.4, -0.2) is 25.8 Å². The summed E-state index contributed by atoms with van der Waals surface area (Å²) in [6.45, 7) is 1.66. The number of nitrogens with zero attached hydrogens (tertiary/aromatic N) is 3. The van der Waals surface area contributed by atoms with Crippen molar-refractivity contribution in [3.05, 3.63) is 34.6 Å². The first-order chi connectivity index (χ1) is 8.50. The third-order valence-corrected chi connectivity index (χ3v) is 3.90. The van der Waals surface area contributed by atoms with E-state index in [0.717, 1.165) is 0 Å². The number of carboxylic acid groups (broad SMARTS) is 1. The molecule has 0 saturated carbocycles. The fourth-order valence-corrected chi connectivity index (χ4v) is 2.75. The molecule has 94 valence electrons. The lowest BCUT2D eigenvalue weighted by molar-refractivity contribution is 0.0692. The van der Waals surface area contributed by atoms with E-state index in [4.69, 9.17) is 11.6 Å². The maximum absolute atomic E-state index is 11.2. The van der Waals surface area contributed by atoms with Crippen molar-refractivity contribution in [2.24, 2.45) is 7.05 Å². The highest BCUT2D eigenvalue weighted by Crippen LogP contribution is 2.34. The zero-order chi connectivity index (χ0) is 13.3. The topological polar surface area (TPSA) is 68.0 Å². The van der Waals surface area contributed by atoms with E-state index in [-0.39, 0.29) is 5.56 Å². The predicted octanol–water partition coefficient (Wildman–Crippen LogP) is 2.63. The van der Waals surface area contributed by atoms with Crippen LogP contribution in [0.5, 0.6) is 0 Å². The number of halogens is 1. The van der Waals surface area contributed by atoms with Crippen LogP contribution in [0.15, 0.2) is 28.4 Å². The Bertz CT molecular complexity index is 612.